The predicted octanol–water partition coefficient (Wildman–Crippen LogP) is 3.77. The van der Waals surface area contributed by atoms with E-state index in [2.05, 4.69) is 0 Å². The standard InChI is InChI=1S/C15H20F3NO2/c1-7(2)10-5-9(6-11(8(3)4)13(10)20)12(14(19)21)15(16,17)18/h5-8,12,20H,1-4H3,(H2,19,21). The fourth-order valence-electron chi connectivity index (χ4n) is 2.27. The molecule has 0 aromatic heterocycles. The zero-order valence-corrected chi connectivity index (χ0v) is 12.5. The van der Waals surface area contributed by atoms with Crippen LogP contribution in [0, 0.1) is 0 Å². The normalized spacial score (nSPS) is 13.8. The molecule has 1 amide bonds. The first-order chi connectivity index (χ1) is 9.46. The zero-order valence-electron chi connectivity index (χ0n) is 12.5. The molecule has 0 aliphatic rings. The number of aromatic hydroxyl groups is 1. The molecule has 1 unspecified atom stereocenters. The van der Waals surface area contributed by atoms with E-state index in [0.717, 1.165) is 0 Å². The van der Waals surface area contributed by atoms with Crippen molar-refractivity contribution in [2.24, 2.45) is 5.73 Å². The highest BCUT2D eigenvalue weighted by Gasteiger charge is 2.45. The number of rotatable bonds is 4. The van der Waals surface area contributed by atoms with E-state index < -0.39 is 18.0 Å². The van der Waals surface area contributed by atoms with Crippen LogP contribution in [0.25, 0.3) is 0 Å². The molecule has 0 spiro atoms. The summed E-state index contributed by atoms with van der Waals surface area (Å²) in [5.74, 6) is -4.19. The number of primary amides is 1. The third-order valence-electron chi connectivity index (χ3n) is 3.38. The van der Waals surface area contributed by atoms with Crippen LogP contribution >= 0.6 is 0 Å². The van der Waals surface area contributed by atoms with Gasteiger partial charge in [-0.3, -0.25) is 4.79 Å². The topological polar surface area (TPSA) is 63.3 Å². The number of amides is 1. The van der Waals surface area contributed by atoms with E-state index in [1.165, 1.54) is 12.1 Å². The highest BCUT2D eigenvalue weighted by Crippen LogP contribution is 2.41. The van der Waals surface area contributed by atoms with E-state index in [0.29, 0.717) is 11.1 Å². The Labute approximate surface area is 122 Å². The molecule has 1 atom stereocenters. The van der Waals surface area contributed by atoms with Gasteiger partial charge in [0.05, 0.1) is 0 Å². The number of phenolic OH excluding ortho intramolecular Hbond substituents is 1. The van der Waals surface area contributed by atoms with Gasteiger partial charge in [-0.05, 0) is 28.5 Å². The Morgan fingerprint density at radius 1 is 1.10 bits per heavy atom. The molecule has 21 heavy (non-hydrogen) atoms. The Hall–Kier alpha value is -1.72. The largest absolute Gasteiger partial charge is 0.507 e. The summed E-state index contributed by atoms with van der Waals surface area (Å²) >= 11 is 0. The number of carbonyl (C=O) groups excluding carboxylic acids is 1. The van der Waals surface area contributed by atoms with Gasteiger partial charge in [0.1, 0.15) is 5.75 Å². The molecule has 1 aromatic rings. The fraction of sp³-hybridized carbons (Fsp3) is 0.533. The third kappa shape index (κ3) is 3.68. The van der Waals surface area contributed by atoms with Crippen LogP contribution in [-0.4, -0.2) is 17.2 Å². The van der Waals surface area contributed by atoms with E-state index in [1.54, 1.807) is 27.7 Å². The lowest BCUT2D eigenvalue weighted by Gasteiger charge is -2.22. The van der Waals surface area contributed by atoms with Gasteiger partial charge < -0.3 is 10.8 Å². The number of benzene rings is 1. The van der Waals surface area contributed by atoms with Gasteiger partial charge >= 0.3 is 6.18 Å². The van der Waals surface area contributed by atoms with Crippen LogP contribution in [0.4, 0.5) is 13.2 Å². The van der Waals surface area contributed by atoms with Gasteiger partial charge in [0.2, 0.25) is 5.91 Å². The van der Waals surface area contributed by atoms with Crippen molar-refractivity contribution in [3.05, 3.63) is 28.8 Å². The first-order valence-corrected chi connectivity index (χ1v) is 6.69. The predicted molar refractivity (Wildman–Crippen MR) is 74.3 cm³/mol. The Morgan fingerprint density at radius 3 is 1.71 bits per heavy atom. The van der Waals surface area contributed by atoms with Crippen LogP contribution < -0.4 is 5.73 Å². The molecule has 0 saturated carbocycles. The maximum Gasteiger partial charge on any atom is 0.404 e. The molecule has 0 heterocycles. The number of halogens is 3. The quantitative estimate of drug-likeness (QED) is 0.889. The number of carbonyl (C=O) groups is 1. The van der Waals surface area contributed by atoms with Crippen molar-refractivity contribution in [1.82, 2.24) is 0 Å². The molecular formula is C15H20F3NO2. The lowest BCUT2D eigenvalue weighted by Crippen LogP contribution is -2.33. The first kappa shape index (κ1) is 17.3. The number of phenols is 1. The average molecular weight is 303 g/mol. The second-order valence-electron chi connectivity index (χ2n) is 5.73. The highest BCUT2D eigenvalue weighted by molar-refractivity contribution is 5.83. The van der Waals surface area contributed by atoms with Crippen LogP contribution in [0.3, 0.4) is 0 Å². The van der Waals surface area contributed by atoms with Crippen molar-refractivity contribution >= 4 is 5.91 Å². The Balaban J connectivity index is 3.59. The van der Waals surface area contributed by atoms with Crippen LogP contribution in [0.2, 0.25) is 0 Å². The first-order valence-electron chi connectivity index (χ1n) is 6.69. The molecular weight excluding hydrogens is 283 g/mol. The van der Waals surface area contributed by atoms with Crippen molar-refractivity contribution in [2.45, 2.75) is 51.6 Å². The van der Waals surface area contributed by atoms with Gasteiger partial charge in [0.15, 0.2) is 5.92 Å². The second-order valence-corrected chi connectivity index (χ2v) is 5.73. The summed E-state index contributed by atoms with van der Waals surface area (Å²) in [5.41, 5.74) is 5.46. The van der Waals surface area contributed by atoms with E-state index in [-0.39, 0.29) is 23.1 Å². The lowest BCUT2D eigenvalue weighted by atomic mass is 9.87. The van der Waals surface area contributed by atoms with Gasteiger partial charge in [-0.1, -0.05) is 39.8 Å². The van der Waals surface area contributed by atoms with Gasteiger partial charge in [-0.25, -0.2) is 0 Å². The molecule has 0 bridgehead atoms. The number of hydrogen-bond donors (Lipinski definition) is 2. The molecule has 3 nitrogen and oxygen atoms in total. The fourth-order valence-corrected chi connectivity index (χ4v) is 2.27. The Morgan fingerprint density at radius 2 is 1.48 bits per heavy atom. The minimum absolute atomic E-state index is 0.0193. The zero-order chi connectivity index (χ0) is 16.5. The molecule has 6 heteroatoms. The smallest absolute Gasteiger partial charge is 0.404 e. The summed E-state index contributed by atoms with van der Waals surface area (Å²) in [6, 6.07) is 2.43. The van der Waals surface area contributed by atoms with E-state index >= 15 is 0 Å². The SMILES string of the molecule is CC(C)c1cc(C(C(N)=O)C(F)(F)F)cc(C(C)C)c1O. The number of nitrogens with two attached hydrogens (primary N) is 1. The molecule has 1 aromatic carbocycles. The van der Waals surface area contributed by atoms with Crippen LogP contribution in [0.15, 0.2) is 12.1 Å². The summed E-state index contributed by atoms with van der Waals surface area (Å²) in [4.78, 5) is 11.2. The van der Waals surface area contributed by atoms with E-state index in [1.807, 2.05) is 0 Å². The van der Waals surface area contributed by atoms with Crippen LogP contribution in [0.1, 0.15) is 62.1 Å². The summed E-state index contributed by atoms with van der Waals surface area (Å²) < 4.78 is 39.2. The maximum absolute atomic E-state index is 13.1. The molecule has 0 aliphatic carbocycles. The van der Waals surface area contributed by atoms with E-state index in [9.17, 15) is 23.1 Å². The van der Waals surface area contributed by atoms with Crippen molar-refractivity contribution in [2.75, 3.05) is 0 Å². The monoisotopic (exact) mass is 303 g/mol. The van der Waals surface area contributed by atoms with Gasteiger partial charge in [0, 0.05) is 0 Å². The highest BCUT2D eigenvalue weighted by atomic mass is 19.4. The Kier molecular flexibility index (Phi) is 4.91. The maximum atomic E-state index is 13.1. The molecule has 0 fully saturated rings. The summed E-state index contributed by atoms with van der Waals surface area (Å²) in [7, 11) is 0. The van der Waals surface area contributed by atoms with Crippen LogP contribution in [0.5, 0.6) is 5.75 Å². The summed E-state index contributed by atoms with van der Waals surface area (Å²) in [6.07, 6.45) is -4.76. The van der Waals surface area contributed by atoms with Crippen molar-refractivity contribution in [3.8, 4) is 5.75 Å². The Bertz CT molecular complexity index is 507. The molecule has 0 saturated heterocycles. The third-order valence-corrected chi connectivity index (χ3v) is 3.38. The second kappa shape index (κ2) is 5.95. The average Bonchev–Trinajstić information content (AvgIpc) is 2.27. The van der Waals surface area contributed by atoms with Gasteiger partial charge in [-0.2, -0.15) is 13.2 Å². The molecule has 118 valence electrons. The minimum Gasteiger partial charge on any atom is -0.507 e. The van der Waals surface area contributed by atoms with Crippen molar-refractivity contribution in [3.63, 3.8) is 0 Å². The number of alkyl halides is 3. The lowest BCUT2D eigenvalue weighted by molar-refractivity contribution is -0.162. The van der Waals surface area contributed by atoms with E-state index in [4.69, 9.17) is 5.73 Å². The van der Waals surface area contributed by atoms with Gasteiger partial charge in [-0.15, -0.1) is 0 Å². The van der Waals surface area contributed by atoms with Crippen molar-refractivity contribution < 1.29 is 23.1 Å². The molecule has 1 rings (SSSR count). The molecule has 0 radical (unpaired) electrons. The summed E-state index contributed by atoms with van der Waals surface area (Å²) in [6.45, 7) is 7.04. The molecule has 3 N–H and O–H groups in total. The summed E-state index contributed by atoms with van der Waals surface area (Å²) in [5, 5.41) is 10.2. The van der Waals surface area contributed by atoms with Gasteiger partial charge in [0.25, 0.3) is 0 Å². The van der Waals surface area contributed by atoms with Crippen molar-refractivity contribution in [1.29, 1.82) is 0 Å². The minimum atomic E-state index is -4.76. The molecule has 0 aliphatic heterocycles. The van der Waals surface area contributed by atoms with Crippen LogP contribution in [-0.2, 0) is 4.79 Å². The number of hydrogen-bond acceptors (Lipinski definition) is 2.